The van der Waals surface area contributed by atoms with Crippen LogP contribution in [0.5, 0.6) is 0 Å². The van der Waals surface area contributed by atoms with Gasteiger partial charge in [-0.2, -0.15) is 11.8 Å². The van der Waals surface area contributed by atoms with Crippen molar-refractivity contribution in [2.75, 3.05) is 12.8 Å². The second-order valence-electron chi connectivity index (χ2n) is 4.66. The van der Waals surface area contributed by atoms with Crippen molar-refractivity contribution < 1.29 is 14.4 Å². The third kappa shape index (κ3) is 1.84. The lowest BCUT2D eigenvalue weighted by molar-refractivity contribution is -0.157. The summed E-state index contributed by atoms with van der Waals surface area (Å²) in [6.07, 6.45) is 3.94. The van der Waals surface area contributed by atoms with Gasteiger partial charge in [0.1, 0.15) is 5.41 Å². The molecule has 0 bridgehead atoms. The van der Waals surface area contributed by atoms with Crippen LogP contribution in [-0.2, 0) is 9.59 Å². The second-order valence-corrected chi connectivity index (χ2v) is 5.93. The van der Waals surface area contributed by atoms with Crippen LogP contribution in [0.2, 0.25) is 0 Å². The summed E-state index contributed by atoms with van der Waals surface area (Å²) in [7, 11) is 0. The maximum atomic E-state index is 12.2. The molecular formula is C11H16N2O3S. The number of barbiturate groups is 1. The van der Waals surface area contributed by atoms with E-state index in [1.165, 1.54) is 4.90 Å². The molecule has 1 N–H and O–H groups in total. The molecule has 1 atom stereocenters. The van der Waals surface area contributed by atoms with Crippen molar-refractivity contribution in [3.8, 4) is 0 Å². The topological polar surface area (TPSA) is 66.5 Å². The lowest BCUT2D eigenvalue weighted by atomic mass is 9.66. The van der Waals surface area contributed by atoms with Crippen molar-refractivity contribution in [3.05, 3.63) is 0 Å². The highest BCUT2D eigenvalue weighted by atomic mass is 32.2. The predicted molar refractivity (Wildman–Crippen MR) is 64.5 cm³/mol. The maximum Gasteiger partial charge on any atom is 0.330 e. The molecule has 2 aliphatic rings. The van der Waals surface area contributed by atoms with E-state index >= 15 is 0 Å². The fraction of sp³-hybridized carbons (Fsp3) is 0.727. The Morgan fingerprint density at radius 1 is 1.41 bits per heavy atom. The Labute approximate surface area is 104 Å². The van der Waals surface area contributed by atoms with Gasteiger partial charge in [-0.25, -0.2) is 4.79 Å². The molecule has 6 heteroatoms. The lowest BCUT2D eigenvalue weighted by Gasteiger charge is -2.44. The van der Waals surface area contributed by atoms with E-state index in [-0.39, 0.29) is 11.2 Å². The molecule has 2 fully saturated rings. The van der Waals surface area contributed by atoms with Gasteiger partial charge < -0.3 is 0 Å². The smallest absolute Gasteiger partial charge is 0.277 e. The summed E-state index contributed by atoms with van der Waals surface area (Å²) < 4.78 is 0. The zero-order chi connectivity index (χ0) is 12.6. The van der Waals surface area contributed by atoms with Crippen molar-refractivity contribution in [1.29, 1.82) is 0 Å². The molecule has 1 heterocycles. The summed E-state index contributed by atoms with van der Waals surface area (Å²) in [4.78, 5) is 36.8. The molecule has 1 unspecified atom stereocenters. The van der Waals surface area contributed by atoms with Gasteiger partial charge in [0.05, 0.1) is 0 Å². The van der Waals surface area contributed by atoms with Crippen LogP contribution in [0.4, 0.5) is 4.79 Å². The van der Waals surface area contributed by atoms with Gasteiger partial charge in [-0.15, -0.1) is 0 Å². The van der Waals surface area contributed by atoms with Crippen molar-refractivity contribution in [1.82, 2.24) is 10.2 Å². The van der Waals surface area contributed by atoms with E-state index in [0.29, 0.717) is 19.4 Å². The number of hydrogen-bond acceptors (Lipinski definition) is 4. The number of hydrogen-bond donors (Lipinski definition) is 1. The van der Waals surface area contributed by atoms with Crippen molar-refractivity contribution >= 4 is 29.6 Å². The molecule has 1 saturated carbocycles. The van der Waals surface area contributed by atoms with Crippen molar-refractivity contribution in [2.45, 2.75) is 31.4 Å². The van der Waals surface area contributed by atoms with Gasteiger partial charge >= 0.3 is 6.03 Å². The van der Waals surface area contributed by atoms with Gasteiger partial charge in [-0.05, 0) is 19.1 Å². The Balaban J connectivity index is 2.18. The van der Waals surface area contributed by atoms with Gasteiger partial charge in [0.2, 0.25) is 11.8 Å². The first-order valence-electron chi connectivity index (χ1n) is 5.71. The highest BCUT2D eigenvalue weighted by molar-refractivity contribution is 7.99. The van der Waals surface area contributed by atoms with Crippen LogP contribution in [0.25, 0.3) is 0 Å². The molecule has 0 aromatic rings. The largest absolute Gasteiger partial charge is 0.330 e. The second kappa shape index (κ2) is 4.33. The van der Waals surface area contributed by atoms with Crippen LogP contribution < -0.4 is 5.32 Å². The van der Waals surface area contributed by atoms with Crippen LogP contribution in [0.1, 0.15) is 26.2 Å². The first-order valence-corrected chi connectivity index (χ1v) is 7.00. The molecule has 5 nitrogen and oxygen atoms in total. The Morgan fingerprint density at radius 3 is 2.53 bits per heavy atom. The van der Waals surface area contributed by atoms with E-state index in [0.717, 1.165) is 6.42 Å². The van der Waals surface area contributed by atoms with Crippen LogP contribution in [0.3, 0.4) is 0 Å². The number of carbonyl (C=O) groups excluding carboxylic acids is 3. The lowest BCUT2D eigenvalue weighted by Crippen LogP contribution is -2.66. The third-order valence-electron chi connectivity index (χ3n) is 3.60. The molecule has 0 aromatic carbocycles. The fourth-order valence-corrected chi connectivity index (χ4v) is 2.50. The molecule has 1 aliphatic heterocycles. The number of rotatable bonds is 3. The van der Waals surface area contributed by atoms with Gasteiger partial charge in [-0.1, -0.05) is 13.3 Å². The maximum absolute atomic E-state index is 12.2. The van der Waals surface area contributed by atoms with E-state index in [9.17, 15) is 14.4 Å². The Hall–Kier alpha value is -1.04. The Kier molecular flexibility index (Phi) is 3.16. The van der Waals surface area contributed by atoms with Crippen LogP contribution in [0.15, 0.2) is 0 Å². The number of imide groups is 2. The zero-order valence-corrected chi connectivity index (χ0v) is 10.8. The van der Waals surface area contributed by atoms with Gasteiger partial charge in [0.25, 0.3) is 0 Å². The molecule has 2 rings (SSSR count). The highest BCUT2D eigenvalue weighted by Crippen LogP contribution is 2.44. The summed E-state index contributed by atoms with van der Waals surface area (Å²) in [6.45, 7) is 2.32. The minimum atomic E-state index is -0.938. The molecule has 1 spiro atoms. The van der Waals surface area contributed by atoms with E-state index in [4.69, 9.17) is 0 Å². The summed E-state index contributed by atoms with van der Waals surface area (Å²) in [5, 5.41) is 2.48. The molecule has 4 amide bonds. The van der Waals surface area contributed by atoms with Crippen LogP contribution >= 0.6 is 11.8 Å². The average molecular weight is 256 g/mol. The van der Waals surface area contributed by atoms with Crippen LogP contribution in [-0.4, -0.2) is 40.8 Å². The molecule has 1 saturated heterocycles. The number of amides is 4. The van der Waals surface area contributed by atoms with Crippen LogP contribution in [0, 0.1) is 5.41 Å². The van der Waals surface area contributed by atoms with Crippen molar-refractivity contribution in [3.63, 3.8) is 0 Å². The van der Waals surface area contributed by atoms with Gasteiger partial charge in [0, 0.05) is 11.8 Å². The summed E-state index contributed by atoms with van der Waals surface area (Å²) in [5.74, 6) is -0.717. The summed E-state index contributed by atoms with van der Waals surface area (Å²) in [5.41, 5.74) is -0.938. The molecular weight excluding hydrogens is 240 g/mol. The number of carbonyl (C=O) groups is 3. The first kappa shape index (κ1) is 12.4. The molecule has 17 heavy (non-hydrogen) atoms. The zero-order valence-electron chi connectivity index (χ0n) is 9.99. The molecule has 94 valence electrons. The first-order chi connectivity index (χ1) is 8.01. The minimum absolute atomic E-state index is 0.176. The van der Waals surface area contributed by atoms with Crippen molar-refractivity contribution in [2.24, 2.45) is 5.41 Å². The third-order valence-corrected chi connectivity index (χ3v) is 4.56. The predicted octanol–water partition coefficient (Wildman–Crippen LogP) is 0.987. The minimum Gasteiger partial charge on any atom is -0.277 e. The molecule has 0 aromatic heterocycles. The van der Waals surface area contributed by atoms with Gasteiger partial charge in [-0.3, -0.25) is 19.8 Å². The van der Waals surface area contributed by atoms with E-state index in [2.05, 4.69) is 5.32 Å². The highest BCUT2D eigenvalue weighted by Gasteiger charge is 2.57. The summed E-state index contributed by atoms with van der Waals surface area (Å²) >= 11 is 1.59. The monoisotopic (exact) mass is 256 g/mol. The number of urea groups is 1. The van der Waals surface area contributed by atoms with E-state index in [1.807, 2.05) is 13.2 Å². The average Bonchev–Trinajstić information content (AvgIpc) is 2.21. The summed E-state index contributed by atoms with van der Waals surface area (Å²) in [6, 6.07) is -0.571. The van der Waals surface area contributed by atoms with Gasteiger partial charge in [0.15, 0.2) is 0 Å². The standard InChI is InChI=1S/C11H16N2O3S/c1-7(17-2)6-13-9(15)11(4-3-5-11)8(14)12-10(13)16/h7H,3-6H2,1-2H3,(H,12,14,16). The Morgan fingerprint density at radius 2 is 2.06 bits per heavy atom. The SMILES string of the molecule is CSC(C)CN1C(=O)NC(=O)C2(CCC2)C1=O. The molecule has 1 aliphatic carbocycles. The van der Waals surface area contributed by atoms with E-state index < -0.39 is 17.4 Å². The number of nitrogens with zero attached hydrogens (tertiary/aromatic N) is 1. The normalized spacial score (nSPS) is 24.6. The van der Waals surface area contributed by atoms with E-state index in [1.54, 1.807) is 11.8 Å². The number of thioether (sulfide) groups is 1. The Bertz CT molecular complexity index is 379. The molecule has 0 radical (unpaired) electrons. The number of nitrogens with one attached hydrogen (secondary N) is 1. The quantitative estimate of drug-likeness (QED) is 0.765. The fourth-order valence-electron chi connectivity index (χ4n) is 2.20.